The molecule has 0 N–H and O–H groups in total. The van der Waals surface area contributed by atoms with Crippen molar-refractivity contribution < 1.29 is 23.8 Å². The summed E-state index contributed by atoms with van der Waals surface area (Å²) in [6.07, 6.45) is 0.857. The van der Waals surface area contributed by atoms with Crippen molar-refractivity contribution in [3.8, 4) is 11.5 Å². The van der Waals surface area contributed by atoms with Gasteiger partial charge in [0, 0.05) is 36.0 Å². The van der Waals surface area contributed by atoms with Gasteiger partial charge in [0.15, 0.2) is 6.61 Å². The zero-order chi connectivity index (χ0) is 22.6. The van der Waals surface area contributed by atoms with E-state index in [2.05, 4.69) is 0 Å². The molecule has 9 heteroatoms. The van der Waals surface area contributed by atoms with Gasteiger partial charge in [-0.2, -0.15) is 0 Å². The maximum atomic E-state index is 12.5. The van der Waals surface area contributed by atoms with E-state index < -0.39 is 5.60 Å². The lowest BCUT2D eigenvalue weighted by Crippen LogP contribution is -2.49. The summed E-state index contributed by atoms with van der Waals surface area (Å²) in [6, 6.07) is 14.0. The minimum absolute atomic E-state index is 0.0391. The second kappa shape index (κ2) is 9.88. The molecule has 0 saturated carbocycles. The molecule has 0 aliphatic carbocycles. The lowest BCUT2D eigenvalue weighted by molar-refractivity contribution is -0.136. The molecular weight excluding hydrogens is 455 g/mol. The van der Waals surface area contributed by atoms with Crippen LogP contribution in [0.5, 0.6) is 11.5 Å². The fourth-order valence-corrected chi connectivity index (χ4v) is 4.11. The molecule has 2 aliphatic heterocycles. The predicted molar refractivity (Wildman–Crippen MR) is 120 cm³/mol. The Balaban J connectivity index is 1.21. The summed E-state index contributed by atoms with van der Waals surface area (Å²) < 4.78 is 17.0. The van der Waals surface area contributed by atoms with E-state index in [0.717, 1.165) is 0 Å². The van der Waals surface area contributed by atoms with Crippen molar-refractivity contribution in [1.29, 1.82) is 0 Å². The van der Waals surface area contributed by atoms with E-state index in [-0.39, 0.29) is 18.6 Å². The number of amides is 2. The van der Waals surface area contributed by atoms with Gasteiger partial charge in [-0.25, -0.2) is 4.79 Å². The van der Waals surface area contributed by atoms with Crippen LogP contribution in [0.15, 0.2) is 48.5 Å². The van der Waals surface area contributed by atoms with Gasteiger partial charge in [0.2, 0.25) is 0 Å². The number of halogens is 2. The first-order valence-electron chi connectivity index (χ1n) is 10.4. The molecule has 2 heterocycles. The number of rotatable bonds is 7. The van der Waals surface area contributed by atoms with E-state index >= 15 is 0 Å². The highest BCUT2D eigenvalue weighted by Gasteiger charge is 2.47. The van der Waals surface area contributed by atoms with Crippen molar-refractivity contribution in [2.75, 3.05) is 39.4 Å². The van der Waals surface area contributed by atoms with Gasteiger partial charge < -0.3 is 24.0 Å². The van der Waals surface area contributed by atoms with Crippen molar-refractivity contribution in [1.82, 2.24) is 9.80 Å². The summed E-state index contributed by atoms with van der Waals surface area (Å²) in [5, 5.41) is 1.26. The SMILES string of the molecule is O=C(COc1ccc(Cl)cc1)N1CCC2(CC1)CN(CCOc1ccc(Cl)cc1)C(=O)O2. The van der Waals surface area contributed by atoms with Crippen molar-refractivity contribution in [2.45, 2.75) is 18.4 Å². The van der Waals surface area contributed by atoms with E-state index in [9.17, 15) is 9.59 Å². The van der Waals surface area contributed by atoms with Crippen LogP contribution < -0.4 is 9.47 Å². The number of carbonyl (C=O) groups is 2. The lowest BCUT2D eigenvalue weighted by atomic mass is 9.91. The van der Waals surface area contributed by atoms with Crippen molar-refractivity contribution in [2.24, 2.45) is 0 Å². The zero-order valence-corrected chi connectivity index (χ0v) is 19.0. The smallest absolute Gasteiger partial charge is 0.410 e. The molecule has 0 atom stereocenters. The highest BCUT2D eigenvalue weighted by molar-refractivity contribution is 6.30. The van der Waals surface area contributed by atoms with E-state index in [4.69, 9.17) is 37.4 Å². The lowest BCUT2D eigenvalue weighted by Gasteiger charge is -2.37. The number of ether oxygens (including phenoxy) is 3. The number of piperidine rings is 1. The number of benzene rings is 2. The average molecular weight is 479 g/mol. The molecule has 0 bridgehead atoms. The van der Waals surface area contributed by atoms with Crippen LogP contribution >= 0.6 is 23.2 Å². The Labute approximate surface area is 196 Å². The molecule has 1 spiro atoms. The van der Waals surface area contributed by atoms with E-state index in [1.165, 1.54) is 0 Å². The average Bonchev–Trinajstić information content (AvgIpc) is 3.09. The zero-order valence-electron chi connectivity index (χ0n) is 17.5. The summed E-state index contributed by atoms with van der Waals surface area (Å²) >= 11 is 11.7. The molecule has 7 nitrogen and oxygen atoms in total. The van der Waals surface area contributed by atoms with E-state index in [1.54, 1.807) is 58.3 Å². The summed E-state index contributed by atoms with van der Waals surface area (Å²) in [7, 11) is 0. The van der Waals surface area contributed by atoms with Gasteiger partial charge in [-0.3, -0.25) is 4.79 Å². The van der Waals surface area contributed by atoms with Gasteiger partial charge in [0.05, 0.1) is 13.1 Å². The van der Waals surface area contributed by atoms with Gasteiger partial charge in [-0.15, -0.1) is 0 Å². The van der Waals surface area contributed by atoms with Crippen LogP contribution in [-0.2, 0) is 9.53 Å². The van der Waals surface area contributed by atoms with Gasteiger partial charge >= 0.3 is 6.09 Å². The highest BCUT2D eigenvalue weighted by atomic mass is 35.5. The summed E-state index contributed by atoms with van der Waals surface area (Å²) in [4.78, 5) is 28.3. The van der Waals surface area contributed by atoms with Crippen LogP contribution in [0.4, 0.5) is 4.79 Å². The Morgan fingerprint density at radius 2 is 1.50 bits per heavy atom. The Bertz CT molecular complexity index is 944. The van der Waals surface area contributed by atoms with Gasteiger partial charge in [0.1, 0.15) is 23.7 Å². The number of hydrogen-bond donors (Lipinski definition) is 0. The second-order valence-electron chi connectivity index (χ2n) is 7.90. The van der Waals surface area contributed by atoms with E-state index in [0.29, 0.717) is 67.2 Å². The third-order valence-electron chi connectivity index (χ3n) is 5.69. The van der Waals surface area contributed by atoms with Crippen LogP contribution in [-0.4, -0.2) is 66.8 Å². The van der Waals surface area contributed by atoms with Gasteiger partial charge in [-0.05, 0) is 48.5 Å². The maximum absolute atomic E-state index is 12.5. The molecule has 32 heavy (non-hydrogen) atoms. The standard InChI is InChI=1S/C23H24Cl2N2O5/c24-17-1-5-19(6-2-17)30-14-13-27-16-23(32-22(27)29)9-11-26(12-10-23)21(28)15-31-20-7-3-18(25)4-8-20/h1-8H,9-16H2. The Morgan fingerprint density at radius 3 is 2.09 bits per heavy atom. The normalized spacial score (nSPS) is 17.4. The molecule has 4 rings (SSSR count). The Morgan fingerprint density at radius 1 is 0.938 bits per heavy atom. The fourth-order valence-electron chi connectivity index (χ4n) is 3.86. The number of likely N-dealkylation sites (tertiary alicyclic amines) is 1. The van der Waals surface area contributed by atoms with E-state index in [1.807, 2.05) is 0 Å². The molecule has 2 fully saturated rings. The fraction of sp³-hybridized carbons (Fsp3) is 0.391. The molecule has 0 unspecified atom stereocenters. The monoisotopic (exact) mass is 478 g/mol. The molecule has 0 radical (unpaired) electrons. The quantitative estimate of drug-likeness (QED) is 0.594. The molecule has 170 valence electrons. The minimum Gasteiger partial charge on any atom is -0.492 e. The third-order valence-corrected chi connectivity index (χ3v) is 6.19. The molecule has 2 saturated heterocycles. The molecule has 2 amide bonds. The topological polar surface area (TPSA) is 68.3 Å². The molecule has 2 aliphatic rings. The third kappa shape index (κ3) is 5.58. The number of hydrogen-bond acceptors (Lipinski definition) is 5. The highest BCUT2D eigenvalue weighted by Crippen LogP contribution is 2.33. The van der Waals surface area contributed by atoms with Crippen LogP contribution in [0.25, 0.3) is 0 Å². The summed E-state index contributed by atoms with van der Waals surface area (Å²) in [5.74, 6) is 1.20. The Kier molecular flexibility index (Phi) is 6.96. The largest absolute Gasteiger partial charge is 0.492 e. The molecular formula is C23H24Cl2N2O5. The van der Waals surface area contributed by atoms with Crippen molar-refractivity contribution in [3.63, 3.8) is 0 Å². The maximum Gasteiger partial charge on any atom is 0.410 e. The molecule has 2 aromatic carbocycles. The van der Waals surface area contributed by atoms with Gasteiger partial charge in [-0.1, -0.05) is 23.2 Å². The first-order chi connectivity index (χ1) is 15.4. The van der Waals surface area contributed by atoms with Crippen LogP contribution in [0.3, 0.4) is 0 Å². The molecule has 2 aromatic rings. The van der Waals surface area contributed by atoms with Crippen LogP contribution in [0, 0.1) is 0 Å². The number of carbonyl (C=O) groups excluding carboxylic acids is 2. The minimum atomic E-state index is -0.550. The first-order valence-corrected chi connectivity index (χ1v) is 11.2. The first kappa shape index (κ1) is 22.6. The number of nitrogens with zero attached hydrogens (tertiary/aromatic N) is 2. The predicted octanol–water partition coefficient (Wildman–Crippen LogP) is 4.26. The summed E-state index contributed by atoms with van der Waals surface area (Å²) in [5.41, 5.74) is -0.550. The van der Waals surface area contributed by atoms with Gasteiger partial charge in [0.25, 0.3) is 5.91 Å². The van der Waals surface area contributed by atoms with Crippen molar-refractivity contribution >= 4 is 35.2 Å². The molecule has 0 aromatic heterocycles. The second-order valence-corrected chi connectivity index (χ2v) is 8.77. The van der Waals surface area contributed by atoms with Crippen molar-refractivity contribution in [3.05, 3.63) is 58.6 Å². The summed E-state index contributed by atoms with van der Waals surface area (Å²) in [6.45, 7) is 2.29. The van der Waals surface area contributed by atoms with Crippen LogP contribution in [0.1, 0.15) is 12.8 Å². The van der Waals surface area contributed by atoms with Crippen LogP contribution in [0.2, 0.25) is 10.0 Å². The Hall–Kier alpha value is -2.64.